The van der Waals surface area contributed by atoms with Crippen LogP contribution in [0.3, 0.4) is 0 Å². The van der Waals surface area contributed by atoms with Crippen molar-refractivity contribution >= 4 is 16.7 Å². The first-order valence-corrected chi connectivity index (χ1v) is 7.02. The highest BCUT2D eigenvalue weighted by atomic mass is 16.5. The van der Waals surface area contributed by atoms with E-state index in [2.05, 4.69) is 29.2 Å². The summed E-state index contributed by atoms with van der Waals surface area (Å²) in [6.07, 6.45) is 3.84. The molecular weight excluding hydrogens is 240 g/mol. The first-order valence-electron chi connectivity index (χ1n) is 7.02. The minimum atomic E-state index is 0.403. The van der Waals surface area contributed by atoms with E-state index in [1.165, 1.54) is 5.39 Å². The van der Waals surface area contributed by atoms with Crippen LogP contribution in [0.2, 0.25) is 0 Å². The van der Waals surface area contributed by atoms with Gasteiger partial charge in [-0.2, -0.15) is 5.10 Å². The van der Waals surface area contributed by atoms with Gasteiger partial charge < -0.3 is 10.1 Å². The fraction of sp³-hybridized carbons (Fsp3) is 0.571. The molecule has 0 spiro atoms. The zero-order valence-electron chi connectivity index (χ0n) is 11.5. The molecule has 0 aliphatic carbocycles. The maximum atomic E-state index is 5.43. The van der Waals surface area contributed by atoms with E-state index in [4.69, 9.17) is 4.74 Å². The summed E-state index contributed by atoms with van der Waals surface area (Å²) in [7, 11) is 0. The van der Waals surface area contributed by atoms with E-state index < -0.39 is 0 Å². The van der Waals surface area contributed by atoms with Crippen LogP contribution < -0.4 is 5.32 Å². The molecule has 0 amide bonds. The molecule has 2 aromatic heterocycles. The summed E-state index contributed by atoms with van der Waals surface area (Å²) in [6, 6.07) is 2.45. The van der Waals surface area contributed by atoms with Gasteiger partial charge in [-0.3, -0.25) is 0 Å². The van der Waals surface area contributed by atoms with Crippen molar-refractivity contribution < 1.29 is 4.74 Å². The Kier molecular flexibility index (Phi) is 3.38. The average Bonchev–Trinajstić information content (AvgIpc) is 3.06. The molecule has 1 aliphatic rings. The van der Waals surface area contributed by atoms with Crippen molar-refractivity contribution in [3.05, 3.63) is 18.0 Å². The third-order valence-electron chi connectivity index (χ3n) is 3.63. The Bertz CT molecular complexity index is 572. The van der Waals surface area contributed by atoms with Gasteiger partial charge in [0.2, 0.25) is 0 Å². The lowest BCUT2D eigenvalue weighted by Gasteiger charge is -2.13. The van der Waals surface area contributed by atoms with Crippen LogP contribution in [0.15, 0.2) is 12.3 Å². The largest absolute Gasteiger partial charge is 0.379 e. The Morgan fingerprint density at radius 2 is 2.37 bits per heavy atom. The fourth-order valence-corrected chi connectivity index (χ4v) is 2.63. The number of hydrogen-bond donors (Lipinski definition) is 1. The SMILES string of the molecule is CCc1nn(CC)c2nccc(N[C@@H]3CCOC3)c12. The van der Waals surface area contributed by atoms with Gasteiger partial charge in [0, 0.05) is 25.0 Å². The smallest absolute Gasteiger partial charge is 0.160 e. The van der Waals surface area contributed by atoms with Crippen LogP contribution in [-0.2, 0) is 17.7 Å². The lowest BCUT2D eigenvalue weighted by molar-refractivity contribution is 0.195. The maximum Gasteiger partial charge on any atom is 0.160 e. The fourth-order valence-electron chi connectivity index (χ4n) is 2.63. The van der Waals surface area contributed by atoms with Crippen LogP contribution in [0, 0.1) is 0 Å². The molecule has 1 N–H and O–H groups in total. The van der Waals surface area contributed by atoms with E-state index in [1.807, 2.05) is 16.9 Å². The molecule has 3 heterocycles. The van der Waals surface area contributed by atoms with E-state index in [9.17, 15) is 0 Å². The molecule has 102 valence electrons. The van der Waals surface area contributed by atoms with Crippen molar-refractivity contribution in [3.63, 3.8) is 0 Å². The van der Waals surface area contributed by atoms with Gasteiger partial charge in [0.05, 0.1) is 23.7 Å². The van der Waals surface area contributed by atoms with Crippen LogP contribution in [0.25, 0.3) is 11.0 Å². The molecule has 0 radical (unpaired) electrons. The van der Waals surface area contributed by atoms with Crippen LogP contribution in [-0.4, -0.2) is 34.0 Å². The van der Waals surface area contributed by atoms with E-state index >= 15 is 0 Å². The third kappa shape index (κ3) is 2.18. The quantitative estimate of drug-likeness (QED) is 0.915. The Hall–Kier alpha value is -1.62. The molecule has 1 atom stereocenters. The van der Waals surface area contributed by atoms with Crippen LogP contribution in [0.1, 0.15) is 26.0 Å². The molecule has 3 rings (SSSR count). The topological polar surface area (TPSA) is 52.0 Å². The standard InChI is InChI=1S/C14H20N4O/c1-3-11-13-12(16-10-6-8-19-9-10)5-7-15-14(13)18(4-2)17-11/h5,7,10H,3-4,6,8-9H2,1-2H3,(H,15,16)/t10-/m1/s1. The van der Waals surface area contributed by atoms with Crippen LogP contribution in [0.4, 0.5) is 5.69 Å². The van der Waals surface area contributed by atoms with Gasteiger partial charge in [-0.05, 0) is 25.8 Å². The Morgan fingerprint density at radius 3 is 3.05 bits per heavy atom. The van der Waals surface area contributed by atoms with E-state index in [-0.39, 0.29) is 0 Å². The molecule has 19 heavy (non-hydrogen) atoms. The lowest BCUT2D eigenvalue weighted by Crippen LogP contribution is -2.19. The van der Waals surface area contributed by atoms with Gasteiger partial charge >= 0.3 is 0 Å². The number of fused-ring (bicyclic) bond motifs is 1. The molecule has 1 fully saturated rings. The normalized spacial score (nSPS) is 19.2. The number of aryl methyl sites for hydroxylation is 2. The van der Waals surface area contributed by atoms with Gasteiger partial charge in [0.15, 0.2) is 5.65 Å². The molecule has 5 nitrogen and oxygen atoms in total. The summed E-state index contributed by atoms with van der Waals surface area (Å²) >= 11 is 0. The van der Waals surface area contributed by atoms with Crippen molar-refractivity contribution in [2.75, 3.05) is 18.5 Å². The summed E-state index contributed by atoms with van der Waals surface area (Å²) < 4.78 is 7.40. The minimum Gasteiger partial charge on any atom is -0.379 e. The number of nitrogens with zero attached hydrogens (tertiary/aromatic N) is 3. The number of rotatable bonds is 4. The van der Waals surface area contributed by atoms with Crippen molar-refractivity contribution in [2.45, 2.75) is 39.3 Å². The maximum absolute atomic E-state index is 5.43. The number of nitrogens with one attached hydrogen (secondary N) is 1. The molecule has 2 aromatic rings. The average molecular weight is 260 g/mol. The van der Waals surface area contributed by atoms with Gasteiger partial charge in [0.1, 0.15) is 0 Å². The highest BCUT2D eigenvalue weighted by Gasteiger charge is 2.19. The summed E-state index contributed by atoms with van der Waals surface area (Å²) in [5.74, 6) is 0. The van der Waals surface area contributed by atoms with E-state index in [0.717, 1.165) is 49.6 Å². The number of pyridine rings is 1. The van der Waals surface area contributed by atoms with Gasteiger partial charge in [0.25, 0.3) is 0 Å². The molecule has 1 aliphatic heterocycles. The minimum absolute atomic E-state index is 0.403. The van der Waals surface area contributed by atoms with Gasteiger partial charge in [-0.25, -0.2) is 9.67 Å². The van der Waals surface area contributed by atoms with E-state index in [0.29, 0.717) is 6.04 Å². The lowest BCUT2D eigenvalue weighted by atomic mass is 10.1. The summed E-state index contributed by atoms with van der Waals surface area (Å²) in [6.45, 7) is 6.71. The predicted molar refractivity (Wildman–Crippen MR) is 75.4 cm³/mol. The second kappa shape index (κ2) is 5.17. The molecule has 1 saturated heterocycles. The number of aromatic nitrogens is 3. The molecular formula is C14H20N4O. The summed E-state index contributed by atoms with van der Waals surface area (Å²) in [5.41, 5.74) is 3.23. The van der Waals surface area contributed by atoms with Crippen molar-refractivity contribution in [3.8, 4) is 0 Å². The van der Waals surface area contributed by atoms with Crippen molar-refractivity contribution in [1.29, 1.82) is 0 Å². The molecule has 5 heteroatoms. The second-order valence-corrected chi connectivity index (χ2v) is 4.88. The molecule has 0 saturated carbocycles. The monoisotopic (exact) mass is 260 g/mol. The van der Waals surface area contributed by atoms with Gasteiger partial charge in [-0.15, -0.1) is 0 Å². The molecule has 0 bridgehead atoms. The summed E-state index contributed by atoms with van der Waals surface area (Å²) in [5, 5.41) is 9.39. The number of ether oxygens (including phenoxy) is 1. The second-order valence-electron chi connectivity index (χ2n) is 4.88. The third-order valence-corrected chi connectivity index (χ3v) is 3.63. The molecule has 0 aromatic carbocycles. The van der Waals surface area contributed by atoms with E-state index in [1.54, 1.807) is 0 Å². The Labute approximate surface area is 113 Å². The van der Waals surface area contributed by atoms with Gasteiger partial charge in [-0.1, -0.05) is 6.92 Å². The highest BCUT2D eigenvalue weighted by Crippen LogP contribution is 2.27. The summed E-state index contributed by atoms with van der Waals surface area (Å²) in [4.78, 5) is 4.49. The highest BCUT2D eigenvalue weighted by molar-refractivity contribution is 5.91. The zero-order chi connectivity index (χ0) is 13.2. The Balaban J connectivity index is 2.05. The van der Waals surface area contributed by atoms with Crippen LogP contribution >= 0.6 is 0 Å². The first kappa shape index (κ1) is 12.4. The predicted octanol–water partition coefficient (Wildman–Crippen LogP) is 2.21. The van der Waals surface area contributed by atoms with Crippen molar-refractivity contribution in [1.82, 2.24) is 14.8 Å². The number of hydrogen-bond acceptors (Lipinski definition) is 4. The number of anilines is 1. The first-order chi connectivity index (χ1) is 9.33. The Morgan fingerprint density at radius 1 is 1.47 bits per heavy atom. The molecule has 0 unspecified atom stereocenters. The van der Waals surface area contributed by atoms with Crippen molar-refractivity contribution in [2.24, 2.45) is 0 Å². The zero-order valence-corrected chi connectivity index (χ0v) is 11.5. The van der Waals surface area contributed by atoms with Crippen LogP contribution in [0.5, 0.6) is 0 Å².